The summed E-state index contributed by atoms with van der Waals surface area (Å²) in [6.45, 7) is 1.64. The van der Waals surface area contributed by atoms with Gasteiger partial charge in [-0.05, 0) is 38.0 Å². The molecule has 0 aliphatic heterocycles. The van der Waals surface area contributed by atoms with Crippen LogP contribution in [-0.2, 0) is 4.79 Å². The van der Waals surface area contributed by atoms with Crippen molar-refractivity contribution in [1.29, 1.82) is 0 Å². The van der Waals surface area contributed by atoms with E-state index in [0.717, 1.165) is 25.7 Å². The van der Waals surface area contributed by atoms with Crippen molar-refractivity contribution in [1.82, 2.24) is 5.32 Å². The van der Waals surface area contributed by atoms with Crippen LogP contribution < -0.4 is 10.1 Å². The number of benzene rings is 1. The summed E-state index contributed by atoms with van der Waals surface area (Å²) in [5.74, 6) is -0.563. The molecule has 1 amide bonds. The molecule has 0 radical (unpaired) electrons. The van der Waals surface area contributed by atoms with Crippen molar-refractivity contribution in [2.24, 2.45) is 0 Å². The van der Waals surface area contributed by atoms with E-state index in [1.807, 2.05) is 0 Å². The van der Waals surface area contributed by atoms with E-state index in [9.17, 15) is 9.18 Å². The first-order valence-electron chi connectivity index (χ1n) is 6.98. The molecule has 1 saturated carbocycles. The zero-order valence-corrected chi connectivity index (χ0v) is 13.1. The van der Waals surface area contributed by atoms with Gasteiger partial charge in [-0.1, -0.05) is 35.2 Å². The third-order valence-electron chi connectivity index (χ3n) is 3.52. The molecule has 1 fully saturated rings. The first-order valence-corrected chi connectivity index (χ1v) is 7.77. The number of carbonyl (C=O) groups excluding carboxylic acids is 1. The Hall–Kier alpha value is -1.10. The highest BCUT2D eigenvalue weighted by atomic mass is 79.9. The summed E-state index contributed by atoms with van der Waals surface area (Å²) < 4.78 is 19.7. The minimum Gasteiger partial charge on any atom is -0.478 e. The molecule has 1 aliphatic carbocycles. The predicted octanol–water partition coefficient (Wildman–Crippen LogP) is 3.80. The van der Waals surface area contributed by atoms with Gasteiger partial charge in [-0.3, -0.25) is 4.79 Å². The van der Waals surface area contributed by atoms with Crippen molar-refractivity contribution >= 4 is 21.8 Å². The topological polar surface area (TPSA) is 38.3 Å². The maximum atomic E-state index is 13.6. The van der Waals surface area contributed by atoms with Gasteiger partial charge in [-0.2, -0.15) is 0 Å². The molecule has 3 nitrogen and oxygen atoms in total. The normalized spacial score (nSPS) is 17.6. The fourth-order valence-electron chi connectivity index (χ4n) is 2.38. The van der Waals surface area contributed by atoms with E-state index in [1.165, 1.54) is 18.6 Å². The van der Waals surface area contributed by atoms with E-state index < -0.39 is 11.9 Å². The molecule has 0 aromatic heterocycles. The molecular formula is C15H19BrFNO2. The maximum Gasteiger partial charge on any atom is 0.260 e. The predicted molar refractivity (Wildman–Crippen MR) is 79.2 cm³/mol. The molecule has 110 valence electrons. The molecule has 0 spiro atoms. The number of carbonyl (C=O) groups is 1. The van der Waals surface area contributed by atoms with Crippen molar-refractivity contribution in [2.45, 2.75) is 51.2 Å². The van der Waals surface area contributed by atoms with Gasteiger partial charge in [0.15, 0.2) is 17.7 Å². The summed E-state index contributed by atoms with van der Waals surface area (Å²) in [6, 6.07) is 4.66. The second-order valence-corrected chi connectivity index (χ2v) is 6.09. The lowest BCUT2D eigenvalue weighted by atomic mass is 9.95. The van der Waals surface area contributed by atoms with Crippen LogP contribution in [0.4, 0.5) is 4.39 Å². The molecule has 1 atom stereocenters. The number of amides is 1. The van der Waals surface area contributed by atoms with Gasteiger partial charge < -0.3 is 10.1 Å². The first-order chi connectivity index (χ1) is 9.56. The first kappa shape index (κ1) is 15.3. The Labute approximate surface area is 127 Å². The highest BCUT2D eigenvalue weighted by Crippen LogP contribution is 2.23. The van der Waals surface area contributed by atoms with Crippen molar-refractivity contribution in [3.8, 4) is 5.75 Å². The Morgan fingerprint density at radius 2 is 2.10 bits per heavy atom. The van der Waals surface area contributed by atoms with Crippen LogP contribution in [0, 0.1) is 5.82 Å². The molecule has 1 aromatic carbocycles. The summed E-state index contributed by atoms with van der Waals surface area (Å²) in [5, 5.41) is 2.97. The Morgan fingerprint density at radius 3 is 2.80 bits per heavy atom. The quantitative estimate of drug-likeness (QED) is 0.902. The highest BCUT2D eigenvalue weighted by molar-refractivity contribution is 9.10. The summed E-state index contributed by atoms with van der Waals surface area (Å²) >= 11 is 3.26. The number of rotatable bonds is 4. The Balaban J connectivity index is 1.91. The van der Waals surface area contributed by atoms with Gasteiger partial charge in [-0.25, -0.2) is 4.39 Å². The second kappa shape index (κ2) is 7.07. The van der Waals surface area contributed by atoms with E-state index in [0.29, 0.717) is 4.47 Å². The van der Waals surface area contributed by atoms with E-state index in [1.54, 1.807) is 13.0 Å². The molecule has 1 unspecified atom stereocenters. The summed E-state index contributed by atoms with van der Waals surface area (Å²) in [6.07, 6.45) is 4.87. The fraction of sp³-hybridized carbons (Fsp3) is 0.533. The zero-order chi connectivity index (χ0) is 14.5. The molecule has 0 heterocycles. The minimum atomic E-state index is -0.708. The Bertz CT molecular complexity index is 475. The second-order valence-electron chi connectivity index (χ2n) is 5.18. The summed E-state index contributed by atoms with van der Waals surface area (Å²) in [7, 11) is 0. The molecule has 2 rings (SSSR count). The number of hydrogen-bond acceptors (Lipinski definition) is 2. The van der Waals surface area contributed by atoms with E-state index in [-0.39, 0.29) is 17.7 Å². The van der Waals surface area contributed by atoms with Crippen LogP contribution in [0.3, 0.4) is 0 Å². The SMILES string of the molecule is CC(Oc1cc(Br)ccc1F)C(=O)NC1CCCCC1. The van der Waals surface area contributed by atoms with E-state index in [4.69, 9.17) is 4.74 Å². The van der Waals surface area contributed by atoms with Crippen molar-refractivity contribution in [3.63, 3.8) is 0 Å². The summed E-state index contributed by atoms with van der Waals surface area (Å²) in [5.41, 5.74) is 0. The smallest absolute Gasteiger partial charge is 0.260 e. The summed E-state index contributed by atoms with van der Waals surface area (Å²) in [4.78, 5) is 12.0. The monoisotopic (exact) mass is 343 g/mol. The van der Waals surface area contributed by atoms with Crippen LogP contribution >= 0.6 is 15.9 Å². The fourth-order valence-corrected chi connectivity index (χ4v) is 2.72. The van der Waals surface area contributed by atoms with Gasteiger partial charge in [0.2, 0.25) is 0 Å². The van der Waals surface area contributed by atoms with Gasteiger partial charge in [0.1, 0.15) is 0 Å². The highest BCUT2D eigenvalue weighted by Gasteiger charge is 2.21. The molecule has 0 bridgehead atoms. The van der Waals surface area contributed by atoms with Gasteiger partial charge in [0.25, 0.3) is 5.91 Å². The van der Waals surface area contributed by atoms with Crippen LogP contribution in [0.5, 0.6) is 5.75 Å². The Morgan fingerprint density at radius 1 is 1.40 bits per heavy atom. The van der Waals surface area contributed by atoms with Gasteiger partial charge in [0.05, 0.1) is 0 Å². The third kappa shape index (κ3) is 4.20. The lowest BCUT2D eigenvalue weighted by molar-refractivity contribution is -0.128. The van der Waals surface area contributed by atoms with Crippen molar-refractivity contribution in [2.75, 3.05) is 0 Å². The van der Waals surface area contributed by atoms with E-state index >= 15 is 0 Å². The number of nitrogens with one attached hydrogen (secondary N) is 1. The lowest BCUT2D eigenvalue weighted by Gasteiger charge is -2.24. The maximum absolute atomic E-state index is 13.6. The third-order valence-corrected chi connectivity index (χ3v) is 4.01. The molecular weight excluding hydrogens is 325 g/mol. The van der Waals surface area contributed by atoms with Crippen molar-refractivity contribution in [3.05, 3.63) is 28.5 Å². The average Bonchev–Trinajstić information content (AvgIpc) is 2.44. The van der Waals surface area contributed by atoms with Gasteiger partial charge in [-0.15, -0.1) is 0 Å². The van der Waals surface area contributed by atoms with Crippen LogP contribution in [-0.4, -0.2) is 18.1 Å². The van der Waals surface area contributed by atoms with Crippen LogP contribution in [0.25, 0.3) is 0 Å². The largest absolute Gasteiger partial charge is 0.478 e. The molecule has 20 heavy (non-hydrogen) atoms. The molecule has 1 aromatic rings. The lowest BCUT2D eigenvalue weighted by Crippen LogP contribution is -2.43. The molecule has 1 N–H and O–H groups in total. The van der Waals surface area contributed by atoms with Gasteiger partial charge >= 0.3 is 0 Å². The average molecular weight is 344 g/mol. The number of hydrogen-bond donors (Lipinski definition) is 1. The molecule has 5 heteroatoms. The van der Waals surface area contributed by atoms with Crippen molar-refractivity contribution < 1.29 is 13.9 Å². The molecule has 1 aliphatic rings. The van der Waals surface area contributed by atoms with Crippen LogP contribution in [0.15, 0.2) is 22.7 Å². The number of ether oxygens (including phenoxy) is 1. The Kier molecular flexibility index (Phi) is 5.40. The molecule has 0 saturated heterocycles. The van der Waals surface area contributed by atoms with Crippen LogP contribution in [0.1, 0.15) is 39.0 Å². The zero-order valence-electron chi connectivity index (χ0n) is 11.5. The minimum absolute atomic E-state index is 0.0886. The van der Waals surface area contributed by atoms with E-state index in [2.05, 4.69) is 21.2 Å². The standard InChI is InChI=1S/C15H19BrFNO2/c1-10(15(19)18-12-5-3-2-4-6-12)20-14-9-11(16)7-8-13(14)17/h7-10,12H,2-6H2,1H3,(H,18,19). The van der Waals surface area contributed by atoms with Crippen LogP contribution in [0.2, 0.25) is 0 Å². The number of halogens is 2. The van der Waals surface area contributed by atoms with Gasteiger partial charge in [0, 0.05) is 10.5 Å².